The standard InChI is InChI=1S/C25H21N7O2S/c33-25(17-4-2-6-26-13-17)29-19-5-1-3-16(11-19)23-30-20-12-21(18-14-27-28-15-18)35-22(20)24(31-23)32-7-9-34-10-8-32/h1-6,11-15H,7-10H2,(H,27,28)(H,29,33). The van der Waals surface area contributed by atoms with Crippen molar-refractivity contribution < 1.29 is 9.53 Å². The number of hydrogen-bond donors (Lipinski definition) is 2. The first kappa shape index (κ1) is 21.4. The van der Waals surface area contributed by atoms with E-state index in [4.69, 9.17) is 14.7 Å². The molecule has 9 nitrogen and oxygen atoms in total. The highest BCUT2D eigenvalue weighted by Crippen LogP contribution is 2.38. The Balaban J connectivity index is 1.39. The maximum absolute atomic E-state index is 12.6. The number of rotatable bonds is 5. The molecule has 2 N–H and O–H groups in total. The normalized spacial score (nSPS) is 13.8. The molecule has 1 aromatic carbocycles. The maximum atomic E-state index is 12.6. The topological polar surface area (TPSA) is 109 Å². The summed E-state index contributed by atoms with van der Waals surface area (Å²) < 4.78 is 6.60. The first-order valence-corrected chi connectivity index (χ1v) is 12.0. The van der Waals surface area contributed by atoms with Crippen LogP contribution in [0.1, 0.15) is 10.4 Å². The van der Waals surface area contributed by atoms with Gasteiger partial charge in [-0.25, -0.2) is 9.97 Å². The van der Waals surface area contributed by atoms with Crippen molar-refractivity contribution in [1.82, 2.24) is 25.1 Å². The van der Waals surface area contributed by atoms with Crippen molar-refractivity contribution in [3.8, 4) is 21.8 Å². The van der Waals surface area contributed by atoms with Gasteiger partial charge in [-0.2, -0.15) is 5.10 Å². The van der Waals surface area contributed by atoms with E-state index in [-0.39, 0.29) is 5.91 Å². The summed E-state index contributed by atoms with van der Waals surface area (Å²) in [5, 5.41) is 9.89. The van der Waals surface area contributed by atoms with Gasteiger partial charge in [-0.05, 0) is 30.3 Å². The van der Waals surface area contributed by atoms with Gasteiger partial charge in [0, 0.05) is 53.4 Å². The largest absolute Gasteiger partial charge is 0.378 e. The highest BCUT2D eigenvalue weighted by atomic mass is 32.1. The van der Waals surface area contributed by atoms with Crippen molar-refractivity contribution in [2.45, 2.75) is 0 Å². The highest BCUT2D eigenvalue weighted by molar-refractivity contribution is 7.22. The number of hydrogen-bond acceptors (Lipinski definition) is 8. The lowest BCUT2D eigenvalue weighted by Crippen LogP contribution is -2.36. The number of fused-ring (bicyclic) bond motifs is 1. The Labute approximate surface area is 204 Å². The fraction of sp³-hybridized carbons (Fsp3) is 0.160. The molecule has 1 fully saturated rings. The summed E-state index contributed by atoms with van der Waals surface area (Å²) in [6, 6.07) is 13.1. The molecule has 1 saturated heterocycles. The van der Waals surface area contributed by atoms with E-state index in [1.165, 1.54) is 0 Å². The molecule has 0 aliphatic carbocycles. The minimum Gasteiger partial charge on any atom is -0.378 e. The molecule has 4 aromatic heterocycles. The Morgan fingerprint density at radius 3 is 2.77 bits per heavy atom. The van der Waals surface area contributed by atoms with E-state index in [1.807, 2.05) is 36.7 Å². The van der Waals surface area contributed by atoms with Gasteiger partial charge in [0.05, 0.1) is 35.2 Å². The van der Waals surface area contributed by atoms with Crippen molar-refractivity contribution in [2.75, 3.05) is 36.5 Å². The monoisotopic (exact) mass is 483 g/mol. The van der Waals surface area contributed by atoms with Gasteiger partial charge >= 0.3 is 0 Å². The molecule has 0 radical (unpaired) electrons. The van der Waals surface area contributed by atoms with E-state index in [0.717, 1.165) is 45.1 Å². The van der Waals surface area contributed by atoms with Crippen molar-refractivity contribution in [3.05, 3.63) is 72.8 Å². The number of aromatic amines is 1. The van der Waals surface area contributed by atoms with Crippen LogP contribution >= 0.6 is 11.3 Å². The molecule has 0 saturated carbocycles. The lowest BCUT2D eigenvalue weighted by atomic mass is 10.1. The van der Waals surface area contributed by atoms with Crippen LogP contribution in [0.3, 0.4) is 0 Å². The molecule has 0 unspecified atom stereocenters. The second-order valence-corrected chi connectivity index (χ2v) is 9.11. The maximum Gasteiger partial charge on any atom is 0.257 e. The molecule has 1 aliphatic heterocycles. The summed E-state index contributed by atoms with van der Waals surface area (Å²) >= 11 is 1.66. The van der Waals surface area contributed by atoms with Crippen LogP contribution in [0.4, 0.5) is 11.5 Å². The second-order valence-electron chi connectivity index (χ2n) is 8.06. The Morgan fingerprint density at radius 2 is 1.97 bits per heavy atom. The first-order chi connectivity index (χ1) is 17.2. The number of benzene rings is 1. The van der Waals surface area contributed by atoms with Gasteiger partial charge in [0.2, 0.25) is 0 Å². The number of thiophene rings is 1. The van der Waals surface area contributed by atoms with E-state index < -0.39 is 0 Å². The smallest absolute Gasteiger partial charge is 0.257 e. The highest BCUT2D eigenvalue weighted by Gasteiger charge is 2.21. The molecule has 5 aromatic rings. The van der Waals surface area contributed by atoms with E-state index >= 15 is 0 Å². The van der Waals surface area contributed by atoms with Crippen molar-refractivity contribution in [3.63, 3.8) is 0 Å². The van der Waals surface area contributed by atoms with E-state index in [9.17, 15) is 4.79 Å². The predicted molar refractivity (Wildman–Crippen MR) is 136 cm³/mol. The number of aromatic nitrogens is 5. The zero-order valence-electron chi connectivity index (χ0n) is 18.6. The number of carbonyl (C=O) groups is 1. The average Bonchev–Trinajstić information content (AvgIpc) is 3.59. The van der Waals surface area contributed by atoms with Gasteiger partial charge in [-0.3, -0.25) is 14.9 Å². The van der Waals surface area contributed by atoms with Crippen molar-refractivity contribution in [1.29, 1.82) is 0 Å². The molecular weight excluding hydrogens is 462 g/mol. The predicted octanol–water partition coefficient (Wildman–Crippen LogP) is 4.23. The lowest BCUT2D eigenvalue weighted by Gasteiger charge is -2.28. The Bertz CT molecular complexity index is 1480. The van der Waals surface area contributed by atoms with Gasteiger partial charge in [-0.1, -0.05) is 12.1 Å². The lowest BCUT2D eigenvalue weighted by molar-refractivity contribution is 0.102. The summed E-state index contributed by atoms with van der Waals surface area (Å²) in [5.74, 6) is 1.29. The molecule has 6 rings (SSSR count). The van der Waals surface area contributed by atoms with E-state index in [0.29, 0.717) is 30.3 Å². The molecule has 1 aliphatic rings. The zero-order valence-corrected chi connectivity index (χ0v) is 19.5. The van der Waals surface area contributed by atoms with Crippen LogP contribution < -0.4 is 10.2 Å². The first-order valence-electron chi connectivity index (χ1n) is 11.2. The van der Waals surface area contributed by atoms with Gasteiger partial charge in [0.25, 0.3) is 5.91 Å². The Kier molecular flexibility index (Phi) is 5.65. The van der Waals surface area contributed by atoms with Crippen LogP contribution in [0.25, 0.3) is 32.0 Å². The molecular formula is C25H21N7O2S. The van der Waals surface area contributed by atoms with Gasteiger partial charge in [0.1, 0.15) is 0 Å². The summed E-state index contributed by atoms with van der Waals surface area (Å²) in [6.07, 6.45) is 6.86. The number of carbonyl (C=O) groups excluding carboxylic acids is 1. The third-order valence-electron chi connectivity index (χ3n) is 5.75. The van der Waals surface area contributed by atoms with Crippen LogP contribution in [0.15, 0.2) is 67.3 Å². The van der Waals surface area contributed by atoms with E-state index in [2.05, 4.69) is 31.5 Å². The number of H-pyrrole nitrogens is 1. The zero-order chi connectivity index (χ0) is 23.6. The summed E-state index contributed by atoms with van der Waals surface area (Å²) in [6.45, 7) is 2.87. The quantitative estimate of drug-likeness (QED) is 0.385. The second kappa shape index (κ2) is 9.24. The number of pyridine rings is 1. The molecule has 0 spiro atoms. The number of morpholine rings is 1. The summed E-state index contributed by atoms with van der Waals surface area (Å²) in [7, 11) is 0. The Hall–Kier alpha value is -4.15. The van der Waals surface area contributed by atoms with Crippen molar-refractivity contribution in [2.24, 2.45) is 0 Å². The number of anilines is 2. The molecule has 0 atom stereocenters. The SMILES string of the molecule is O=C(Nc1cccc(-c2nc(N3CCOCC3)c3sc(-c4cn[nH]c4)cc3n2)c1)c1cccnc1. The van der Waals surface area contributed by atoms with E-state index in [1.54, 1.807) is 35.9 Å². The number of nitrogens with one attached hydrogen (secondary N) is 2. The fourth-order valence-corrected chi connectivity index (χ4v) is 5.09. The number of ether oxygens (including phenoxy) is 1. The molecule has 10 heteroatoms. The summed E-state index contributed by atoms with van der Waals surface area (Å²) in [5.41, 5.74) is 3.87. The van der Waals surface area contributed by atoms with Crippen LogP contribution in [0.5, 0.6) is 0 Å². The third-order valence-corrected chi connectivity index (χ3v) is 6.92. The third kappa shape index (κ3) is 4.36. The number of amides is 1. The number of nitrogens with zero attached hydrogens (tertiary/aromatic N) is 5. The Morgan fingerprint density at radius 1 is 1.06 bits per heavy atom. The summed E-state index contributed by atoms with van der Waals surface area (Å²) in [4.78, 5) is 29.8. The van der Waals surface area contributed by atoms with Crippen molar-refractivity contribution >= 4 is 39.0 Å². The average molecular weight is 484 g/mol. The fourth-order valence-electron chi connectivity index (χ4n) is 4.00. The minimum absolute atomic E-state index is 0.219. The molecule has 35 heavy (non-hydrogen) atoms. The van der Waals surface area contributed by atoms with Crippen LogP contribution in [0, 0.1) is 0 Å². The molecule has 1 amide bonds. The minimum atomic E-state index is -0.219. The van der Waals surface area contributed by atoms with Crippen LogP contribution in [-0.2, 0) is 4.74 Å². The van der Waals surface area contributed by atoms with Crippen LogP contribution in [-0.4, -0.2) is 57.4 Å². The van der Waals surface area contributed by atoms with Gasteiger partial charge in [-0.15, -0.1) is 11.3 Å². The van der Waals surface area contributed by atoms with Crippen LogP contribution in [0.2, 0.25) is 0 Å². The van der Waals surface area contributed by atoms with Gasteiger partial charge < -0.3 is 15.0 Å². The van der Waals surface area contributed by atoms with Gasteiger partial charge in [0.15, 0.2) is 11.6 Å². The molecule has 174 valence electrons. The molecule has 5 heterocycles. The molecule has 0 bridgehead atoms.